The average molecular weight is 281 g/mol. The molecule has 0 saturated carbocycles. The van der Waals surface area contributed by atoms with Crippen molar-refractivity contribution in [1.29, 1.82) is 0 Å². The zero-order valence-corrected chi connectivity index (χ0v) is 11.9. The van der Waals surface area contributed by atoms with E-state index in [0.717, 1.165) is 28.4 Å². The molecule has 2 aromatic rings. The molecule has 5 nitrogen and oxygen atoms in total. The van der Waals surface area contributed by atoms with Gasteiger partial charge in [-0.2, -0.15) is 0 Å². The molecule has 2 unspecified atom stereocenters. The van der Waals surface area contributed by atoms with E-state index in [0.29, 0.717) is 0 Å². The van der Waals surface area contributed by atoms with Gasteiger partial charge in [-0.3, -0.25) is 0 Å². The van der Waals surface area contributed by atoms with Crippen LogP contribution in [-0.4, -0.2) is 40.1 Å². The van der Waals surface area contributed by atoms with Gasteiger partial charge in [0, 0.05) is 12.1 Å². The molecular weight excluding hydrogens is 262 g/mol. The lowest BCUT2D eigenvalue weighted by Crippen LogP contribution is -2.34. The van der Waals surface area contributed by atoms with Gasteiger partial charge in [-0.05, 0) is 18.6 Å². The van der Waals surface area contributed by atoms with Crippen molar-refractivity contribution in [2.24, 2.45) is 5.73 Å². The van der Waals surface area contributed by atoms with Gasteiger partial charge >= 0.3 is 0 Å². The molecule has 104 valence electrons. The van der Waals surface area contributed by atoms with Crippen molar-refractivity contribution in [2.45, 2.75) is 29.8 Å². The third-order valence-corrected chi connectivity index (χ3v) is 4.28. The van der Waals surface area contributed by atoms with E-state index >= 15 is 0 Å². The van der Waals surface area contributed by atoms with Crippen LogP contribution in [0.5, 0.6) is 5.75 Å². The third kappa shape index (κ3) is 3.20. The maximum atomic E-state index is 9.38. The molecule has 4 N–H and O–H groups in total. The summed E-state index contributed by atoms with van der Waals surface area (Å²) in [6.07, 6.45) is 0.826. The largest absolute Gasteiger partial charge is 0.497 e. The number of aromatic nitrogens is 2. The number of thioether (sulfide) groups is 1. The van der Waals surface area contributed by atoms with E-state index in [-0.39, 0.29) is 17.9 Å². The molecular formula is C13H19N3O2S. The van der Waals surface area contributed by atoms with Gasteiger partial charge in [0.15, 0.2) is 5.16 Å². The fourth-order valence-corrected chi connectivity index (χ4v) is 2.86. The number of nitrogens with zero attached hydrogens (tertiary/aromatic N) is 1. The predicted molar refractivity (Wildman–Crippen MR) is 77.6 cm³/mol. The summed E-state index contributed by atoms with van der Waals surface area (Å²) in [5, 5.41) is 10.1. The van der Waals surface area contributed by atoms with Gasteiger partial charge in [0.1, 0.15) is 5.75 Å². The molecule has 0 bridgehead atoms. The predicted octanol–water partition coefficient (Wildman–Crippen LogP) is 1.76. The average Bonchev–Trinajstić information content (AvgIpc) is 2.85. The Labute approximate surface area is 116 Å². The lowest BCUT2D eigenvalue weighted by Gasteiger charge is -2.18. The second kappa shape index (κ2) is 6.27. The summed E-state index contributed by atoms with van der Waals surface area (Å²) in [4.78, 5) is 7.70. The number of ether oxygens (including phenoxy) is 1. The Balaban J connectivity index is 2.21. The van der Waals surface area contributed by atoms with Gasteiger partial charge in [0.05, 0.1) is 30.0 Å². The molecule has 6 heteroatoms. The van der Waals surface area contributed by atoms with E-state index in [1.807, 2.05) is 25.1 Å². The van der Waals surface area contributed by atoms with E-state index in [1.165, 1.54) is 11.8 Å². The Kier molecular flexibility index (Phi) is 4.68. The summed E-state index contributed by atoms with van der Waals surface area (Å²) >= 11 is 1.48. The van der Waals surface area contributed by atoms with E-state index in [4.69, 9.17) is 10.5 Å². The Morgan fingerprint density at radius 1 is 1.53 bits per heavy atom. The molecule has 0 saturated heterocycles. The molecule has 0 amide bonds. The number of methoxy groups -OCH3 is 1. The lowest BCUT2D eigenvalue weighted by molar-refractivity contribution is 0.281. The van der Waals surface area contributed by atoms with Crippen molar-refractivity contribution in [3.05, 3.63) is 18.2 Å². The van der Waals surface area contributed by atoms with Crippen LogP contribution in [0.1, 0.15) is 13.3 Å². The van der Waals surface area contributed by atoms with Crippen LogP contribution in [-0.2, 0) is 0 Å². The number of nitrogens with one attached hydrogen (secondary N) is 1. The summed E-state index contributed by atoms with van der Waals surface area (Å²) in [6.45, 7) is 2.05. The maximum Gasteiger partial charge on any atom is 0.166 e. The van der Waals surface area contributed by atoms with E-state index in [9.17, 15) is 5.11 Å². The van der Waals surface area contributed by atoms with Crippen LogP contribution in [0.4, 0.5) is 0 Å². The molecule has 0 aliphatic carbocycles. The number of fused-ring (bicyclic) bond motifs is 1. The standard InChI is InChI=1S/C13H19N3O2S/c1-3-9(14)12(7-17)19-13-15-10-5-4-8(18-2)6-11(10)16-13/h4-6,9,12,17H,3,7,14H2,1-2H3,(H,15,16). The Morgan fingerprint density at radius 3 is 2.95 bits per heavy atom. The number of rotatable bonds is 6. The van der Waals surface area contributed by atoms with E-state index in [1.54, 1.807) is 7.11 Å². The van der Waals surface area contributed by atoms with E-state index < -0.39 is 0 Å². The number of benzene rings is 1. The third-order valence-electron chi connectivity index (χ3n) is 3.06. The van der Waals surface area contributed by atoms with Crippen molar-refractivity contribution in [1.82, 2.24) is 9.97 Å². The van der Waals surface area contributed by atoms with Crippen molar-refractivity contribution < 1.29 is 9.84 Å². The number of aromatic amines is 1. The fraction of sp³-hybridized carbons (Fsp3) is 0.462. The number of hydrogen-bond donors (Lipinski definition) is 3. The number of imidazole rings is 1. The molecule has 0 spiro atoms. The zero-order valence-electron chi connectivity index (χ0n) is 11.1. The molecule has 0 radical (unpaired) electrons. The van der Waals surface area contributed by atoms with Gasteiger partial charge in [-0.1, -0.05) is 18.7 Å². The lowest BCUT2D eigenvalue weighted by atomic mass is 10.2. The van der Waals surface area contributed by atoms with Gasteiger partial charge in [-0.25, -0.2) is 4.98 Å². The highest BCUT2D eigenvalue weighted by molar-refractivity contribution is 7.99. The summed E-state index contributed by atoms with van der Waals surface area (Å²) in [6, 6.07) is 5.64. The first-order valence-electron chi connectivity index (χ1n) is 6.24. The topological polar surface area (TPSA) is 84.2 Å². The van der Waals surface area contributed by atoms with Crippen LogP contribution >= 0.6 is 11.8 Å². The summed E-state index contributed by atoms with van der Waals surface area (Å²) < 4.78 is 5.17. The molecule has 1 aromatic heterocycles. The van der Waals surface area contributed by atoms with Crippen LogP contribution in [0, 0.1) is 0 Å². The molecule has 0 aliphatic rings. The number of aliphatic hydroxyl groups is 1. The van der Waals surface area contributed by atoms with Crippen molar-refractivity contribution in [2.75, 3.05) is 13.7 Å². The van der Waals surface area contributed by atoms with Gasteiger partial charge in [0.2, 0.25) is 0 Å². The molecule has 2 atom stereocenters. The second-order valence-electron chi connectivity index (χ2n) is 4.34. The van der Waals surface area contributed by atoms with Gasteiger partial charge in [-0.15, -0.1) is 0 Å². The molecule has 1 aromatic carbocycles. The van der Waals surface area contributed by atoms with Crippen molar-refractivity contribution in [3.8, 4) is 5.75 Å². The first-order valence-corrected chi connectivity index (χ1v) is 7.12. The second-order valence-corrected chi connectivity index (χ2v) is 5.56. The van der Waals surface area contributed by atoms with Gasteiger partial charge in [0.25, 0.3) is 0 Å². The minimum Gasteiger partial charge on any atom is -0.497 e. The number of H-pyrrole nitrogens is 1. The minimum absolute atomic E-state index is 0.0417. The van der Waals surface area contributed by atoms with Crippen LogP contribution < -0.4 is 10.5 Å². The minimum atomic E-state index is -0.0487. The fourth-order valence-electron chi connectivity index (χ4n) is 1.81. The molecule has 1 heterocycles. The SMILES string of the molecule is CCC(N)C(CO)Sc1nc2ccc(OC)cc2[nH]1. The summed E-state index contributed by atoms with van der Waals surface area (Å²) in [5.74, 6) is 0.789. The summed E-state index contributed by atoms with van der Waals surface area (Å²) in [5.41, 5.74) is 7.77. The quantitative estimate of drug-likeness (QED) is 0.703. The number of nitrogens with two attached hydrogens (primary N) is 1. The molecule has 0 fully saturated rings. The Morgan fingerprint density at radius 2 is 2.32 bits per heavy atom. The van der Waals surface area contributed by atoms with Crippen LogP contribution in [0.25, 0.3) is 11.0 Å². The maximum absolute atomic E-state index is 9.38. The first-order chi connectivity index (χ1) is 9.17. The van der Waals surface area contributed by atoms with E-state index in [2.05, 4.69) is 9.97 Å². The van der Waals surface area contributed by atoms with Crippen LogP contribution in [0.2, 0.25) is 0 Å². The van der Waals surface area contributed by atoms with Crippen molar-refractivity contribution >= 4 is 22.8 Å². The highest BCUT2D eigenvalue weighted by Gasteiger charge is 2.18. The Bertz CT molecular complexity index is 544. The highest BCUT2D eigenvalue weighted by atomic mass is 32.2. The normalized spacial score (nSPS) is 14.5. The molecule has 0 aliphatic heterocycles. The number of aliphatic hydroxyl groups excluding tert-OH is 1. The zero-order chi connectivity index (χ0) is 13.8. The Hall–Kier alpha value is -1.24. The molecule has 2 rings (SSSR count). The molecule has 19 heavy (non-hydrogen) atoms. The monoisotopic (exact) mass is 281 g/mol. The van der Waals surface area contributed by atoms with Crippen molar-refractivity contribution in [3.63, 3.8) is 0 Å². The van der Waals surface area contributed by atoms with Crippen LogP contribution in [0.3, 0.4) is 0 Å². The summed E-state index contributed by atoms with van der Waals surface area (Å²) in [7, 11) is 1.63. The smallest absolute Gasteiger partial charge is 0.166 e. The highest BCUT2D eigenvalue weighted by Crippen LogP contribution is 2.27. The first kappa shape index (κ1) is 14.2. The van der Waals surface area contributed by atoms with Crippen LogP contribution in [0.15, 0.2) is 23.4 Å². The van der Waals surface area contributed by atoms with Gasteiger partial charge < -0.3 is 20.6 Å². The number of hydrogen-bond acceptors (Lipinski definition) is 5.